The number of benzene rings is 1. The molecule has 0 aliphatic heterocycles. The van der Waals surface area contributed by atoms with Gasteiger partial charge in [0.15, 0.2) is 11.6 Å². The fraction of sp³-hybridized carbons (Fsp3) is 0.500. The first-order valence-corrected chi connectivity index (χ1v) is 6.70. The Labute approximate surface area is 109 Å². The second-order valence-corrected chi connectivity index (χ2v) is 5.76. The molecule has 4 rings (SSSR count). The third-order valence-corrected chi connectivity index (χ3v) is 4.88. The number of nitrogens with zero attached hydrogens (tertiary/aromatic N) is 2. The highest BCUT2D eigenvalue weighted by molar-refractivity contribution is 5.75. The number of rotatable bonds is 2. The van der Waals surface area contributed by atoms with Gasteiger partial charge < -0.3 is 10.3 Å². The molecule has 19 heavy (non-hydrogen) atoms. The van der Waals surface area contributed by atoms with Gasteiger partial charge in [-0.05, 0) is 37.1 Å². The molecule has 2 saturated carbocycles. The van der Waals surface area contributed by atoms with Gasteiger partial charge >= 0.3 is 0 Å². The molecule has 0 bridgehead atoms. The van der Waals surface area contributed by atoms with Crippen molar-refractivity contribution in [2.24, 2.45) is 23.5 Å². The normalized spacial score (nSPS) is 32.8. The summed E-state index contributed by atoms with van der Waals surface area (Å²) in [6.45, 7) is 0.770. The molecule has 0 radical (unpaired) electrons. The lowest BCUT2D eigenvalue weighted by atomic mass is 10.1. The molecule has 1 aromatic heterocycles. The average molecular weight is 263 g/mol. The number of aromatic nitrogens is 2. The molecule has 2 fully saturated rings. The van der Waals surface area contributed by atoms with Crippen molar-refractivity contribution in [3.63, 3.8) is 0 Å². The zero-order valence-corrected chi connectivity index (χ0v) is 10.4. The molecule has 5 heteroatoms. The zero-order chi connectivity index (χ0) is 13.1. The maximum Gasteiger partial charge on any atom is 0.161 e. The van der Waals surface area contributed by atoms with Crippen LogP contribution in [0.15, 0.2) is 18.5 Å². The fourth-order valence-corrected chi connectivity index (χ4v) is 3.84. The third-order valence-electron chi connectivity index (χ3n) is 4.88. The van der Waals surface area contributed by atoms with Crippen LogP contribution in [0.2, 0.25) is 0 Å². The molecule has 4 atom stereocenters. The second kappa shape index (κ2) is 3.76. The van der Waals surface area contributed by atoms with Gasteiger partial charge in [-0.2, -0.15) is 0 Å². The number of halogens is 2. The standard InChI is InChI=1S/C14H15F2N3/c15-11-3-13-14(4-12(11)16)19(6-18-13)7-1-8-9(2-7)10(8)5-17/h3-4,6-10H,1-2,5,17H2/t7-,8-,9+,10+. The summed E-state index contributed by atoms with van der Waals surface area (Å²) in [4.78, 5) is 4.18. The molecule has 2 N–H and O–H groups in total. The minimum atomic E-state index is -0.838. The molecule has 0 unspecified atom stereocenters. The van der Waals surface area contributed by atoms with Gasteiger partial charge in [-0.25, -0.2) is 13.8 Å². The van der Waals surface area contributed by atoms with E-state index in [4.69, 9.17) is 5.73 Å². The third kappa shape index (κ3) is 1.54. The molecule has 0 amide bonds. The maximum absolute atomic E-state index is 13.4. The molecular weight excluding hydrogens is 248 g/mol. The Balaban J connectivity index is 1.68. The summed E-state index contributed by atoms with van der Waals surface area (Å²) in [5.41, 5.74) is 6.92. The summed E-state index contributed by atoms with van der Waals surface area (Å²) in [5, 5.41) is 0. The molecule has 1 heterocycles. The fourth-order valence-electron chi connectivity index (χ4n) is 3.84. The van der Waals surface area contributed by atoms with Gasteiger partial charge in [0.25, 0.3) is 0 Å². The Morgan fingerprint density at radius 2 is 1.89 bits per heavy atom. The van der Waals surface area contributed by atoms with E-state index in [0.717, 1.165) is 31.2 Å². The number of imidazole rings is 1. The lowest BCUT2D eigenvalue weighted by Gasteiger charge is -2.16. The predicted molar refractivity (Wildman–Crippen MR) is 67.4 cm³/mol. The van der Waals surface area contributed by atoms with Crippen LogP contribution in [0.25, 0.3) is 11.0 Å². The quantitative estimate of drug-likeness (QED) is 0.904. The molecule has 2 aliphatic rings. The molecule has 2 aliphatic carbocycles. The largest absolute Gasteiger partial charge is 0.330 e. The lowest BCUT2D eigenvalue weighted by molar-refractivity contribution is 0.437. The number of hydrogen-bond donors (Lipinski definition) is 1. The molecule has 100 valence electrons. The summed E-state index contributed by atoms with van der Waals surface area (Å²) < 4.78 is 28.5. The maximum atomic E-state index is 13.4. The van der Waals surface area contributed by atoms with Gasteiger partial charge in [-0.15, -0.1) is 0 Å². The zero-order valence-electron chi connectivity index (χ0n) is 10.4. The van der Waals surface area contributed by atoms with Gasteiger partial charge in [-0.1, -0.05) is 0 Å². The monoisotopic (exact) mass is 263 g/mol. The van der Waals surface area contributed by atoms with Crippen LogP contribution in [-0.4, -0.2) is 16.1 Å². The van der Waals surface area contributed by atoms with E-state index in [1.807, 2.05) is 4.57 Å². The number of fused-ring (bicyclic) bond motifs is 2. The van der Waals surface area contributed by atoms with Crippen LogP contribution in [-0.2, 0) is 0 Å². The second-order valence-electron chi connectivity index (χ2n) is 5.76. The van der Waals surface area contributed by atoms with E-state index >= 15 is 0 Å². The van der Waals surface area contributed by atoms with E-state index < -0.39 is 11.6 Å². The van der Waals surface area contributed by atoms with Crippen LogP contribution in [0.3, 0.4) is 0 Å². The summed E-state index contributed by atoms with van der Waals surface area (Å²) in [7, 11) is 0. The van der Waals surface area contributed by atoms with Crippen molar-refractivity contribution in [1.29, 1.82) is 0 Å². The Kier molecular flexibility index (Phi) is 2.24. The van der Waals surface area contributed by atoms with E-state index in [2.05, 4.69) is 4.98 Å². The highest BCUT2D eigenvalue weighted by Crippen LogP contribution is 2.60. The van der Waals surface area contributed by atoms with Gasteiger partial charge in [0.2, 0.25) is 0 Å². The summed E-state index contributed by atoms with van der Waals surface area (Å²) in [6.07, 6.45) is 3.87. The van der Waals surface area contributed by atoms with Crippen molar-refractivity contribution < 1.29 is 8.78 Å². The summed E-state index contributed by atoms with van der Waals surface area (Å²) in [5.74, 6) is 0.475. The van der Waals surface area contributed by atoms with Crippen molar-refractivity contribution in [2.75, 3.05) is 6.54 Å². The van der Waals surface area contributed by atoms with Crippen LogP contribution in [0.5, 0.6) is 0 Å². The average Bonchev–Trinajstić information content (AvgIpc) is 2.77. The lowest BCUT2D eigenvalue weighted by Crippen LogP contribution is -2.12. The van der Waals surface area contributed by atoms with Crippen LogP contribution in [0, 0.1) is 29.4 Å². The Morgan fingerprint density at radius 3 is 2.58 bits per heavy atom. The van der Waals surface area contributed by atoms with Crippen molar-refractivity contribution in [3.05, 3.63) is 30.1 Å². The molecule has 1 aromatic carbocycles. The summed E-state index contributed by atoms with van der Waals surface area (Å²) in [6, 6.07) is 2.77. The first kappa shape index (κ1) is 11.3. The van der Waals surface area contributed by atoms with E-state index in [0.29, 0.717) is 23.0 Å². The van der Waals surface area contributed by atoms with Crippen LogP contribution in [0.4, 0.5) is 8.78 Å². The van der Waals surface area contributed by atoms with Crippen molar-refractivity contribution in [2.45, 2.75) is 18.9 Å². The molecule has 0 saturated heterocycles. The Bertz CT molecular complexity index is 639. The minimum Gasteiger partial charge on any atom is -0.330 e. The summed E-state index contributed by atoms with van der Waals surface area (Å²) >= 11 is 0. The number of hydrogen-bond acceptors (Lipinski definition) is 2. The van der Waals surface area contributed by atoms with Gasteiger partial charge in [-0.3, -0.25) is 0 Å². The van der Waals surface area contributed by atoms with Crippen molar-refractivity contribution in [1.82, 2.24) is 9.55 Å². The van der Waals surface area contributed by atoms with Gasteiger partial charge in [0, 0.05) is 18.2 Å². The topological polar surface area (TPSA) is 43.8 Å². The van der Waals surface area contributed by atoms with Crippen molar-refractivity contribution >= 4 is 11.0 Å². The van der Waals surface area contributed by atoms with Crippen molar-refractivity contribution in [3.8, 4) is 0 Å². The van der Waals surface area contributed by atoms with E-state index in [1.54, 1.807) is 6.33 Å². The van der Waals surface area contributed by atoms with Gasteiger partial charge in [0.1, 0.15) is 0 Å². The highest BCUT2D eigenvalue weighted by atomic mass is 19.2. The smallest absolute Gasteiger partial charge is 0.161 e. The number of nitrogens with two attached hydrogens (primary N) is 1. The minimum absolute atomic E-state index is 0.354. The SMILES string of the molecule is NC[C@@H]1[C@H]2C[C@H](n3cnc4cc(F)c(F)cc43)C[C@@H]12. The molecular formula is C14H15F2N3. The first-order valence-electron chi connectivity index (χ1n) is 6.70. The Hall–Kier alpha value is -1.49. The highest BCUT2D eigenvalue weighted by Gasteiger charge is 2.55. The predicted octanol–water partition coefficient (Wildman–Crippen LogP) is 2.47. The van der Waals surface area contributed by atoms with E-state index in [9.17, 15) is 8.78 Å². The first-order chi connectivity index (χ1) is 9.19. The van der Waals surface area contributed by atoms with Crippen LogP contribution >= 0.6 is 0 Å². The molecule has 2 aromatic rings. The van der Waals surface area contributed by atoms with E-state index in [-0.39, 0.29) is 0 Å². The Morgan fingerprint density at radius 1 is 1.21 bits per heavy atom. The molecule has 0 spiro atoms. The van der Waals surface area contributed by atoms with Gasteiger partial charge in [0.05, 0.1) is 17.4 Å². The molecule has 3 nitrogen and oxygen atoms in total. The van der Waals surface area contributed by atoms with Crippen LogP contribution in [0.1, 0.15) is 18.9 Å². The van der Waals surface area contributed by atoms with Crippen LogP contribution < -0.4 is 5.73 Å². The van der Waals surface area contributed by atoms with E-state index in [1.165, 1.54) is 12.1 Å².